The molecule has 3 aromatic rings. The molecule has 0 bridgehead atoms. The minimum atomic E-state index is -3.07. The number of ether oxygens (including phenoxy) is 1. The second-order valence-electron chi connectivity index (χ2n) is 10.1. The topological polar surface area (TPSA) is 127 Å². The highest BCUT2D eigenvalue weighted by molar-refractivity contribution is 6.00. The fourth-order valence-electron chi connectivity index (χ4n) is 5.52. The van der Waals surface area contributed by atoms with E-state index in [-0.39, 0.29) is 28.8 Å². The van der Waals surface area contributed by atoms with Crippen molar-refractivity contribution in [2.24, 2.45) is 0 Å². The van der Waals surface area contributed by atoms with Gasteiger partial charge in [-0.3, -0.25) is 9.59 Å². The Balaban J connectivity index is 1.44. The Morgan fingerprint density at radius 1 is 1.12 bits per heavy atom. The molecule has 3 heterocycles. The molecule has 1 saturated carbocycles. The maximum Gasteiger partial charge on any atom is 0.432 e. The van der Waals surface area contributed by atoms with E-state index in [1.807, 2.05) is 0 Å². The summed E-state index contributed by atoms with van der Waals surface area (Å²) in [7, 11) is 0. The zero-order valence-electron chi connectivity index (χ0n) is 21.3. The molecular weight excluding hydrogens is 557 g/mol. The van der Waals surface area contributed by atoms with Crippen LogP contribution in [0.15, 0.2) is 36.5 Å². The van der Waals surface area contributed by atoms with Gasteiger partial charge in [0.1, 0.15) is 23.5 Å². The van der Waals surface area contributed by atoms with E-state index in [1.165, 1.54) is 24.4 Å². The molecule has 1 aliphatic heterocycles. The summed E-state index contributed by atoms with van der Waals surface area (Å²) >= 11 is 0. The predicted octanol–water partition coefficient (Wildman–Crippen LogP) is 4.43. The van der Waals surface area contributed by atoms with Gasteiger partial charge in [0.15, 0.2) is 11.6 Å². The molecule has 2 aliphatic rings. The summed E-state index contributed by atoms with van der Waals surface area (Å²) in [6.07, 6.45) is -4.31. The molecule has 0 spiro atoms. The normalized spacial score (nSPS) is 21.5. The molecule has 2 atom stereocenters. The largest absolute Gasteiger partial charge is 0.463 e. The number of alkyl halides is 4. The van der Waals surface area contributed by atoms with Gasteiger partial charge in [0.25, 0.3) is 0 Å². The first-order valence-corrected chi connectivity index (χ1v) is 12.6. The molecule has 41 heavy (non-hydrogen) atoms. The zero-order chi connectivity index (χ0) is 29.5. The number of pyridine rings is 1. The highest BCUT2D eigenvalue weighted by Gasteiger charge is 2.53. The van der Waals surface area contributed by atoms with E-state index in [2.05, 4.69) is 20.1 Å². The van der Waals surface area contributed by atoms with Crippen molar-refractivity contribution in [3.8, 4) is 5.75 Å². The number of likely N-dealkylation sites (tertiary alicyclic amines) is 1. The van der Waals surface area contributed by atoms with Gasteiger partial charge in [-0.15, -0.1) is 0 Å². The smallest absolute Gasteiger partial charge is 0.432 e. The van der Waals surface area contributed by atoms with Crippen LogP contribution in [0.25, 0.3) is 11.0 Å². The first-order valence-electron chi connectivity index (χ1n) is 12.6. The summed E-state index contributed by atoms with van der Waals surface area (Å²) in [5.74, 6) is -6.12. The van der Waals surface area contributed by atoms with Gasteiger partial charge in [-0.25, -0.2) is 31.7 Å². The third-order valence-corrected chi connectivity index (χ3v) is 7.61. The molecular formula is C26H24F5N5O5. The lowest BCUT2D eigenvalue weighted by Crippen LogP contribution is -2.54. The van der Waals surface area contributed by atoms with Crippen molar-refractivity contribution in [1.82, 2.24) is 19.7 Å². The molecule has 15 heteroatoms. The Hall–Kier alpha value is -4.30. The molecule has 2 N–H and O–H groups in total. The van der Waals surface area contributed by atoms with E-state index < -0.39 is 92.1 Å². The van der Waals surface area contributed by atoms with E-state index >= 15 is 0 Å². The molecule has 218 valence electrons. The summed E-state index contributed by atoms with van der Waals surface area (Å²) in [5, 5.41) is 15.4. The minimum Gasteiger partial charge on any atom is -0.463 e. The minimum absolute atomic E-state index is 0.0142. The van der Waals surface area contributed by atoms with E-state index in [4.69, 9.17) is 0 Å². The van der Waals surface area contributed by atoms with Crippen LogP contribution in [0.1, 0.15) is 37.7 Å². The van der Waals surface area contributed by atoms with Crippen LogP contribution < -0.4 is 10.1 Å². The van der Waals surface area contributed by atoms with Gasteiger partial charge >= 0.3 is 6.09 Å². The number of carbonyl (C=O) groups excluding carboxylic acids is 2. The number of rotatable bonds is 6. The first-order chi connectivity index (χ1) is 19.4. The van der Waals surface area contributed by atoms with Gasteiger partial charge in [0.05, 0.1) is 23.7 Å². The van der Waals surface area contributed by atoms with E-state index in [1.54, 1.807) is 0 Å². The van der Waals surface area contributed by atoms with Gasteiger partial charge in [0.2, 0.25) is 24.6 Å². The SMILES string of the molecule is O=C(Nc1ccc2c(cnn2C(=O)O)n1)[C@H]1C[C@@H](F)CN1C(=O)C1(c2ccc(OCF)c(F)c2)CCC(F)(F)CC1. The second kappa shape index (κ2) is 10.6. The number of carbonyl (C=O) groups is 3. The van der Waals surface area contributed by atoms with Crippen molar-refractivity contribution >= 4 is 34.8 Å². The summed E-state index contributed by atoms with van der Waals surface area (Å²) in [4.78, 5) is 43.7. The Bertz CT molecular complexity index is 1510. The fraction of sp³-hybridized carbons (Fsp3) is 0.423. The van der Waals surface area contributed by atoms with Crippen molar-refractivity contribution in [1.29, 1.82) is 0 Å². The van der Waals surface area contributed by atoms with Gasteiger partial charge in [-0.05, 0) is 42.7 Å². The number of benzene rings is 1. The van der Waals surface area contributed by atoms with Crippen LogP contribution in [-0.2, 0) is 15.0 Å². The van der Waals surface area contributed by atoms with Gasteiger partial charge in [-0.2, -0.15) is 9.78 Å². The number of amides is 2. The first kappa shape index (κ1) is 28.2. The molecule has 2 amide bonds. The molecule has 2 fully saturated rings. The summed E-state index contributed by atoms with van der Waals surface area (Å²) < 4.78 is 75.6. The van der Waals surface area contributed by atoms with E-state index in [9.17, 15) is 41.4 Å². The van der Waals surface area contributed by atoms with Crippen molar-refractivity contribution in [3.05, 3.63) is 47.9 Å². The third-order valence-electron chi connectivity index (χ3n) is 7.61. The van der Waals surface area contributed by atoms with Crippen molar-refractivity contribution in [3.63, 3.8) is 0 Å². The van der Waals surface area contributed by atoms with Crippen LogP contribution >= 0.6 is 0 Å². The number of hydrogen-bond acceptors (Lipinski definition) is 6. The average molecular weight is 581 g/mol. The molecule has 5 rings (SSSR count). The predicted molar refractivity (Wildman–Crippen MR) is 133 cm³/mol. The molecule has 1 saturated heterocycles. The Morgan fingerprint density at radius 3 is 2.51 bits per heavy atom. The van der Waals surface area contributed by atoms with Crippen molar-refractivity contribution in [2.45, 2.75) is 55.7 Å². The number of carboxylic acid groups (broad SMARTS) is 1. The number of nitrogens with zero attached hydrogens (tertiary/aromatic N) is 4. The summed E-state index contributed by atoms with van der Waals surface area (Å²) in [6, 6.07) is 4.62. The van der Waals surface area contributed by atoms with Crippen LogP contribution in [0.4, 0.5) is 32.6 Å². The maximum absolute atomic E-state index is 14.7. The van der Waals surface area contributed by atoms with Crippen LogP contribution in [0, 0.1) is 5.82 Å². The number of halogens is 5. The fourth-order valence-corrected chi connectivity index (χ4v) is 5.52. The van der Waals surface area contributed by atoms with Gasteiger partial charge < -0.3 is 20.1 Å². The summed E-state index contributed by atoms with van der Waals surface area (Å²) in [6.45, 7) is -1.79. The molecule has 2 aromatic heterocycles. The number of fused-ring (bicyclic) bond motifs is 1. The average Bonchev–Trinajstić information content (AvgIpc) is 3.53. The van der Waals surface area contributed by atoms with Crippen LogP contribution in [0.5, 0.6) is 5.75 Å². The summed E-state index contributed by atoms with van der Waals surface area (Å²) in [5.41, 5.74) is -1.35. The van der Waals surface area contributed by atoms with Crippen molar-refractivity contribution in [2.75, 3.05) is 18.7 Å². The van der Waals surface area contributed by atoms with Crippen LogP contribution in [-0.4, -0.2) is 74.2 Å². The lowest BCUT2D eigenvalue weighted by atomic mass is 9.67. The highest BCUT2D eigenvalue weighted by Crippen LogP contribution is 2.48. The quantitative estimate of drug-likeness (QED) is 0.413. The van der Waals surface area contributed by atoms with Gasteiger partial charge in [0, 0.05) is 19.3 Å². The molecule has 10 nitrogen and oxygen atoms in total. The lowest BCUT2D eigenvalue weighted by molar-refractivity contribution is -0.146. The molecule has 1 aromatic carbocycles. The Kier molecular flexibility index (Phi) is 7.30. The van der Waals surface area contributed by atoms with Crippen molar-refractivity contribution < 1.29 is 46.2 Å². The van der Waals surface area contributed by atoms with Gasteiger partial charge in [-0.1, -0.05) is 6.07 Å². The molecule has 1 aliphatic carbocycles. The lowest BCUT2D eigenvalue weighted by Gasteiger charge is -2.42. The van der Waals surface area contributed by atoms with Crippen LogP contribution in [0.3, 0.4) is 0 Å². The zero-order valence-corrected chi connectivity index (χ0v) is 21.3. The van der Waals surface area contributed by atoms with E-state index in [0.29, 0.717) is 4.68 Å². The second-order valence-corrected chi connectivity index (χ2v) is 10.1. The standard InChI is InChI=1S/C26H24F5N5O5/c27-13-41-20-3-1-14(9-16(20)29)25(5-7-26(30,31)8-6-25)23(38)35-12-15(28)10-19(35)22(37)34-21-4-2-18-17(33-21)11-32-36(18)24(39)40/h1-4,9,11,15,19H,5-8,10,12-13H2,(H,39,40)(H,33,34,37)/t15-,19-/m1/s1. The highest BCUT2D eigenvalue weighted by atomic mass is 19.3. The number of nitrogens with one attached hydrogen (secondary N) is 1. The number of aromatic nitrogens is 3. The maximum atomic E-state index is 14.7. The number of anilines is 1. The van der Waals surface area contributed by atoms with Crippen LogP contribution in [0.2, 0.25) is 0 Å². The monoisotopic (exact) mass is 581 g/mol. The molecule has 0 unspecified atom stereocenters. The number of hydrogen-bond donors (Lipinski definition) is 2. The molecule has 0 radical (unpaired) electrons. The van der Waals surface area contributed by atoms with E-state index in [0.717, 1.165) is 17.0 Å². The third kappa shape index (κ3) is 5.27. The Labute approximate surface area is 229 Å². The Morgan fingerprint density at radius 2 is 1.85 bits per heavy atom.